The van der Waals surface area contributed by atoms with Crippen molar-refractivity contribution in [3.63, 3.8) is 0 Å². The predicted octanol–water partition coefficient (Wildman–Crippen LogP) is 3.25. The minimum absolute atomic E-state index is 0.00912. The van der Waals surface area contributed by atoms with Gasteiger partial charge in [-0.05, 0) is 60.7 Å². The molecule has 0 spiro atoms. The van der Waals surface area contributed by atoms with E-state index in [9.17, 15) is 21.6 Å². The van der Waals surface area contributed by atoms with Gasteiger partial charge in [0, 0.05) is 48.1 Å². The molecule has 0 aliphatic carbocycles. The molecule has 2 aliphatic rings. The van der Waals surface area contributed by atoms with E-state index in [1.54, 1.807) is 36.4 Å². The number of nitrogens with zero attached hydrogens (tertiary/aromatic N) is 2. The monoisotopic (exact) mass is 620 g/mol. The van der Waals surface area contributed by atoms with E-state index in [1.807, 2.05) is 4.90 Å². The molecule has 2 N–H and O–H groups in total. The number of ether oxygens (including phenoxy) is 2. The second kappa shape index (κ2) is 12.3. The molecule has 2 heterocycles. The highest BCUT2D eigenvalue weighted by molar-refractivity contribution is 7.93. The summed E-state index contributed by atoms with van der Waals surface area (Å²) in [5, 5.41) is 3.18. The number of anilines is 3. The summed E-state index contributed by atoms with van der Waals surface area (Å²) in [4.78, 5) is 15.1. The van der Waals surface area contributed by atoms with Crippen LogP contribution in [0.4, 0.5) is 17.1 Å². The zero-order valence-electron chi connectivity index (χ0n) is 22.0. The third kappa shape index (κ3) is 6.83. The van der Waals surface area contributed by atoms with Gasteiger partial charge in [0.05, 0.1) is 37.0 Å². The Morgan fingerprint density at radius 3 is 2.10 bits per heavy atom. The lowest BCUT2D eigenvalue weighted by Gasteiger charge is -2.30. The number of morpholine rings is 2. The number of rotatable bonds is 8. The largest absolute Gasteiger partial charge is 0.379 e. The maximum atomic E-state index is 13.6. The van der Waals surface area contributed by atoms with E-state index < -0.39 is 26.0 Å². The van der Waals surface area contributed by atoms with E-state index in [-0.39, 0.29) is 34.1 Å². The molecule has 5 rings (SSSR count). The molecule has 0 aromatic heterocycles. The minimum Gasteiger partial charge on any atom is -0.379 e. The van der Waals surface area contributed by atoms with Gasteiger partial charge in [0.2, 0.25) is 10.0 Å². The zero-order chi connectivity index (χ0) is 29.0. The Bertz CT molecular complexity index is 1620. The Hall–Kier alpha value is -3.20. The molecule has 2 aliphatic heterocycles. The van der Waals surface area contributed by atoms with E-state index in [2.05, 4.69) is 10.0 Å². The van der Waals surface area contributed by atoms with Crippen molar-refractivity contribution in [3.05, 3.63) is 77.3 Å². The average molecular weight is 621 g/mol. The second-order valence-corrected chi connectivity index (χ2v) is 13.4. The maximum Gasteiger partial charge on any atom is 0.264 e. The molecule has 41 heavy (non-hydrogen) atoms. The van der Waals surface area contributed by atoms with Crippen LogP contribution >= 0.6 is 11.6 Å². The SMILES string of the molecule is O=C(Nc1ccc(N2CCOCC2)c(S(=O)(=O)Nc2ccc(Cl)cc2)c1)c1cccc(S(=O)(=O)N2CCOCC2)c1. The van der Waals surface area contributed by atoms with E-state index in [0.717, 1.165) is 0 Å². The highest BCUT2D eigenvalue weighted by Gasteiger charge is 2.28. The van der Waals surface area contributed by atoms with Crippen molar-refractivity contribution >= 4 is 54.6 Å². The lowest BCUT2D eigenvalue weighted by molar-refractivity contribution is 0.0730. The summed E-state index contributed by atoms with van der Waals surface area (Å²) in [6.07, 6.45) is 0. The first-order chi connectivity index (χ1) is 19.6. The molecule has 3 aromatic carbocycles. The first kappa shape index (κ1) is 29.3. The van der Waals surface area contributed by atoms with Crippen LogP contribution < -0.4 is 14.9 Å². The van der Waals surface area contributed by atoms with E-state index in [1.165, 1.54) is 34.6 Å². The van der Waals surface area contributed by atoms with Crippen molar-refractivity contribution in [2.24, 2.45) is 0 Å². The van der Waals surface area contributed by atoms with Crippen LogP contribution in [0.1, 0.15) is 10.4 Å². The third-order valence-electron chi connectivity index (χ3n) is 6.66. The molecule has 0 bridgehead atoms. The highest BCUT2D eigenvalue weighted by atomic mass is 35.5. The van der Waals surface area contributed by atoms with Crippen LogP contribution in [0.3, 0.4) is 0 Å². The van der Waals surface area contributed by atoms with Crippen LogP contribution in [-0.2, 0) is 29.5 Å². The molecule has 0 radical (unpaired) electrons. The summed E-state index contributed by atoms with van der Waals surface area (Å²) in [6, 6.07) is 16.6. The van der Waals surface area contributed by atoms with Gasteiger partial charge >= 0.3 is 0 Å². The van der Waals surface area contributed by atoms with Crippen LogP contribution in [0.5, 0.6) is 0 Å². The molecule has 11 nitrogen and oxygen atoms in total. The summed E-state index contributed by atoms with van der Waals surface area (Å²) in [6.45, 7) is 2.97. The molecular weight excluding hydrogens is 592 g/mol. The van der Waals surface area contributed by atoms with Crippen molar-refractivity contribution in [3.8, 4) is 0 Å². The Morgan fingerprint density at radius 1 is 0.780 bits per heavy atom. The van der Waals surface area contributed by atoms with Gasteiger partial charge in [-0.25, -0.2) is 16.8 Å². The van der Waals surface area contributed by atoms with Crippen LogP contribution in [0, 0.1) is 0 Å². The molecule has 1 amide bonds. The normalized spacial score (nSPS) is 16.8. The van der Waals surface area contributed by atoms with Crippen LogP contribution in [0.15, 0.2) is 76.5 Å². The first-order valence-corrected chi connectivity index (χ1v) is 16.2. The number of hydrogen-bond donors (Lipinski definition) is 2. The van der Waals surface area contributed by atoms with Gasteiger partial charge in [-0.1, -0.05) is 17.7 Å². The predicted molar refractivity (Wildman–Crippen MR) is 156 cm³/mol. The number of hydrogen-bond acceptors (Lipinski definition) is 8. The molecule has 0 atom stereocenters. The molecule has 3 aromatic rings. The average Bonchev–Trinajstić information content (AvgIpc) is 2.99. The quantitative estimate of drug-likeness (QED) is 0.392. The fraction of sp³-hybridized carbons (Fsp3) is 0.296. The third-order valence-corrected chi connectivity index (χ3v) is 10.2. The van der Waals surface area contributed by atoms with Gasteiger partial charge in [0.1, 0.15) is 4.90 Å². The summed E-state index contributed by atoms with van der Waals surface area (Å²) >= 11 is 5.94. The number of benzene rings is 3. The second-order valence-electron chi connectivity index (χ2n) is 9.39. The van der Waals surface area contributed by atoms with Crippen molar-refractivity contribution < 1.29 is 31.1 Å². The Labute approximate surface area is 244 Å². The summed E-state index contributed by atoms with van der Waals surface area (Å²) in [7, 11) is -7.90. The molecule has 2 saturated heterocycles. The van der Waals surface area contributed by atoms with Gasteiger partial charge in [-0.2, -0.15) is 4.31 Å². The van der Waals surface area contributed by atoms with E-state index >= 15 is 0 Å². The standard InChI is InChI=1S/C27H29ClN4O7S2/c28-21-4-6-22(7-5-21)30-40(34,35)26-19-23(8-9-25(26)31-10-14-38-15-11-31)29-27(33)20-2-1-3-24(18-20)41(36,37)32-12-16-39-17-13-32/h1-9,18-19,30H,10-17H2,(H,29,33). The van der Waals surface area contributed by atoms with Crippen LogP contribution in [-0.4, -0.2) is 79.7 Å². The Balaban J connectivity index is 1.43. The molecule has 0 unspecified atom stereocenters. The van der Waals surface area contributed by atoms with E-state index in [4.69, 9.17) is 21.1 Å². The zero-order valence-corrected chi connectivity index (χ0v) is 24.3. The van der Waals surface area contributed by atoms with Crippen molar-refractivity contribution in [2.75, 3.05) is 67.5 Å². The lowest BCUT2D eigenvalue weighted by Crippen LogP contribution is -2.40. The van der Waals surface area contributed by atoms with Gasteiger partial charge in [-0.3, -0.25) is 9.52 Å². The fourth-order valence-corrected chi connectivity index (χ4v) is 7.43. The molecule has 2 fully saturated rings. The van der Waals surface area contributed by atoms with Crippen LogP contribution in [0.2, 0.25) is 5.02 Å². The number of halogens is 1. The van der Waals surface area contributed by atoms with Crippen LogP contribution in [0.25, 0.3) is 0 Å². The summed E-state index contributed by atoms with van der Waals surface area (Å²) in [5.74, 6) is -0.586. The topological polar surface area (TPSA) is 134 Å². The van der Waals surface area contributed by atoms with Gasteiger partial charge in [-0.15, -0.1) is 0 Å². The first-order valence-electron chi connectivity index (χ1n) is 12.9. The summed E-state index contributed by atoms with van der Waals surface area (Å²) in [5.41, 5.74) is 1.13. The number of carbonyl (C=O) groups excluding carboxylic acids is 1. The number of nitrogens with one attached hydrogen (secondary N) is 2. The molecular formula is C27H29ClN4O7S2. The van der Waals surface area contributed by atoms with Gasteiger partial charge < -0.3 is 19.7 Å². The smallest absolute Gasteiger partial charge is 0.264 e. The van der Waals surface area contributed by atoms with Crippen molar-refractivity contribution in [2.45, 2.75) is 9.79 Å². The van der Waals surface area contributed by atoms with Gasteiger partial charge in [0.25, 0.3) is 15.9 Å². The fourth-order valence-electron chi connectivity index (χ4n) is 4.54. The van der Waals surface area contributed by atoms with Crippen molar-refractivity contribution in [1.29, 1.82) is 0 Å². The molecule has 218 valence electrons. The van der Waals surface area contributed by atoms with E-state index in [0.29, 0.717) is 55.9 Å². The maximum absolute atomic E-state index is 13.6. The number of sulfonamides is 2. The summed E-state index contributed by atoms with van der Waals surface area (Å²) < 4.78 is 67.9. The molecule has 14 heteroatoms. The Morgan fingerprint density at radius 2 is 1.41 bits per heavy atom. The number of amides is 1. The highest BCUT2D eigenvalue weighted by Crippen LogP contribution is 2.31. The minimum atomic E-state index is -4.09. The molecule has 0 saturated carbocycles. The van der Waals surface area contributed by atoms with Gasteiger partial charge in [0.15, 0.2) is 0 Å². The lowest BCUT2D eigenvalue weighted by atomic mass is 10.2. The van der Waals surface area contributed by atoms with Crippen molar-refractivity contribution in [1.82, 2.24) is 4.31 Å². The number of carbonyl (C=O) groups is 1. The Kier molecular flexibility index (Phi) is 8.82.